The van der Waals surface area contributed by atoms with Gasteiger partial charge in [0.1, 0.15) is 0 Å². The van der Waals surface area contributed by atoms with Crippen LogP contribution in [-0.2, 0) is 13.0 Å². The SMILES string of the molecule is CCCCCCCCn1ccc2c(CCN)cccc21. The number of nitrogens with zero attached hydrogens (tertiary/aromatic N) is 1. The second kappa shape index (κ2) is 8.11. The third-order valence-electron chi connectivity index (χ3n) is 4.07. The van der Waals surface area contributed by atoms with Gasteiger partial charge in [-0.2, -0.15) is 0 Å². The summed E-state index contributed by atoms with van der Waals surface area (Å²) < 4.78 is 2.40. The first-order valence-corrected chi connectivity index (χ1v) is 8.13. The summed E-state index contributed by atoms with van der Waals surface area (Å²) in [5.41, 5.74) is 8.44. The number of benzene rings is 1. The fourth-order valence-electron chi connectivity index (χ4n) is 2.92. The van der Waals surface area contributed by atoms with Gasteiger partial charge in [-0.05, 0) is 37.1 Å². The van der Waals surface area contributed by atoms with Gasteiger partial charge < -0.3 is 10.3 Å². The van der Waals surface area contributed by atoms with Crippen LogP contribution in [0.1, 0.15) is 51.0 Å². The summed E-state index contributed by atoms with van der Waals surface area (Å²) >= 11 is 0. The smallest absolute Gasteiger partial charge is 0.0483 e. The predicted molar refractivity (Wildman–Crippen MR) is 88.1 cm³/mol. The molecule has 0 atom stereocenters. The van der Waals surface area contributed by atoms with E-state index in [1.165, 1.54) is 55.0 Å². The molecule has 1 aromatic carbocycles. The summed E-state index contributed by atoms with van der Waals surface area (Å²) in [5, 5.41) is 1.38. The van der Waals surface area contributed by atoms with Crippen LogP contribution >= 0.6 is 0 Å². The summed E-state index contributed by atoms with van der Waals surface area (Å²) in [6.07, 6.45) is 11.3. The van der Waals surface area contributed by atoms with E-state index >= 15 is 0 Å². The molecule has 20 heavy (non-hydrogen) atoms. The number of hydrogen-bond acceptors (Lipinski definition) is 1. The van der Waals surface area contributed by atoms with Gasteiger partial charge in [-0.25, -0.2) is 0 Å². The maximum Gasteiger partial charge on any atom is 0.0483 e. The topological polar surface area (TPSA) is 30.9 Å². The van der Waals surface area contributed by atoms with Crippen LogP contribution in [0.25, 0.3) is 10.9 Å². The van der Waals surface area contributed by atoms with Crippen LogP contribution in [0.3, 0.4) is 0 Å². The van der Waals surface area contributed by atoms with Gasteiger partial charge in [0.25, 0.3) is 0 Å². The Morgan fingerprint density at radius 2 is 1.80 bits per heavy atom. The maximum absolute atomic E-state index is 5.69. The molecule has 0 aliphatic heterocycles. The molecule has 0 radical (unpaired) electrons. The summed E-state index contributed by atoms with van der Waals surface area (Å²) in [4.78, 5) is 0. The average Bonchev–Trinajstić information content (AvgIpc) is 2.87. The molecule has 0 aliphatic rings. The standard InChI is InChI=1S/C18H28N2/c1-2-3-4-5-6-7-14-20-15-12-17-16(11-13-19)9-8-10-18(17)20/h8-10,12,15H,2-7,11,13-14,19H2,1H3. The second-order valence-corrected chi connectivity index (χ2v) is 5.67. The Bertz CT molecular complexity index is 513. The molecule has 0 amide bonds. The Labute approximate surface area is 123 Å². The summed E-state index contributed by atoms with van der Waals surface area (Å²) in [6.45, 7) is 4.13. The van der Waals surface area contributed by atoms with Gasteiger partial charge in [0.05, 0.1) is 0 Å². The molecule has 0 spiro atoms. The first kappa shape index (κ1) is 15.1. The zero-order valence-corrected chi connectivity index (χ0v) is 12.8. The van der Waals surface area contributed by atoms with Gasteiger partial charge in [0.15, 0.2) is 0 Å². The van der Waals surface area contributed by atoms with Crippen molar-refractivity contribution in [2.75, 3.05) is 6.54 Å². The van der Waals surface area contributed by atoms with Crippen LogP contribution in [-0.4, -0.2) is 11.1 Å². The lowest BCUT2D eigenvalue weighted by Gasteiger charge is -2.07. The molecule has 110 valence electrons. The number of rotatable bonds is 9. The monoisotopic (exact) mass is 272 g/mol. The molecule has 2 aromatic rings. The van der Waals surface area contributed by atoms with E-state index in [1.54, 1.807) is 0 Å². The van der Waals surface area contributed by atoms with Crippen LogP contribution < -0.4 is 5.73 Å². The number of aryl methyl sites for hydroxylation is 1. The highest BCUT2D eigenvalue weighted by Crippen LogP contribution is 2.21. The lowest BCUT2D eigenvalue weighted by Crippen LogP contribution is -2.03. The fourth-order valence-corrected chi connectivity index (χ4v) is 2.92. The van der Waals surface area contributed by atoms with E-state index < -0.39 is 0 Å². The molecule has 0 aliphatic carbocycles. The molecule has 2 nitrogen and oxygen atoms in total. The number of nitrogens with two attached hydrogens (primary N) is 1. The zero-order chi connectivity index (χ0) is 14.2. The second-order valence-electron chi connectivity index (χ2n) is 5.67. The highest BCUT2D eigenvalue weighted by Gasteiger charge is 2.04. The van der Waals surface area contributed by atoms with E-state index in [1.807, 2.05) is 0 Å². The molecule has 1 aromatic heterocycles. The Kier molecular flexibility index (Phi) is 6.13. The van der Waals surface area contributed by atoms with Crippen molar-refractivity contribution in [1.82, 2.24) is 4.57 Å². The first-order valence-electron chi connectivity index (χ1n) is 8.13. The van der Waals surface area contributed by atoms with Crippen molar-refractivity contribution in [3.05, 3.63) is 36.0 Å². The van der Waals surface area contributed by atoms with Crippen molar-refractivity contribution >= 4 is 10.9 Å². The minimum Gasteiger partial charge on any atom is -0.347 e. The third-order valence-corrected chi connectivity index (χ3v) is 4.07. The normalized spacial score (nSPS) is 11.3. The molecule has 0 unspecified atom stereocenters. The van der Waals surface area contributed by atoms with Gasteiger partial charge in [0.2, 0.25) is 0 Å². The number of aromatic nitrogens is 1. The molecule has 2 rings (SSSR count). The zero-order valence-electron chi connectivity index (χ0n) is 12.8. The molecule has 0 fully saturated rings. The Balaban J connectivity index is 1.92. The summed E-state index contributed by atoms with van der Waals surface area (Å²) in [5.74, 6) is 0. The number of hydrogen-bond donors (Lipinski definition) is 1. The maximum atomic E-state index is 5.69. The molecule has 2 N–H and O–H groups in total. The number of fused-ring (bicyclic) bond motifs is 1. The largest absolute Gasteiger partial charge is 0.347 e. The Morgan fingerprint density at radius 3 is 2.60 bits per heavy atom. The van der Waals surface area contributed by atoms with Gasteiger partial charge in [-0.3, -0.25) is 0 Å². The van der Waals surface area contributed by atoms with Crippen molar-refractivity contribution in [3.63, 3.8) is 0 Å². The quantitative estimate of drug-likeness (QED) is 0.669. The molecule has 0 saturated heterocycles. The van der Waals surface area contributed by atoms with E-state index in [0.717, 1.165) is 19.5 Å². The van der Waals surface area contributed by atoms with E-state index in [9.17, 15) is 0 Å². The van der Waals surface area contributed by atoms with Crippen LogP contribution in [0, 0.1) is 0 Å². The molecule has 0 saturated carbocycles. The van der Waals surface area contributed by atoms with Crippen LogP contribution in [0.2, 0.25) is 0 Å². The van der Waals surface area contributed by atoms with Crippen molar-refractivity contribution in [2.45, 2.75) is 58.4 Å². The Morgan fingerprint density at radius 1 is 1.00 bits per heavy atom. The molecule has 1 heterocycles. The minimum absolute atomic E-state index is 0.724. The lowest BCUT2D eigenvalue weighted by atomic mass is 10.1. The molecule has 0 bridgehead atoms. The highest BCUT2D eigenvalue weighted by atomic mass is 14.9. The van der Waals surface area contributed by atoms with E-state index in [2.05, 4.69) is 42.0 Å². The van der Waals surface area contributed by atoms with Crippen molar-refractivity contribution < 1.29 is 0 Å². The van der Waals surface area contributed by atoms with Crippen molar-refractivity contribution in [1.29, 1.82) is 0 Å². The highest BCUT2D eigenvalue weighted by molar-refractivity contribution is 5.83. The predicted octanol–water partition coefficient (Wildman–Crippen LogP) is 4.50. The van der Waals surface area contributed by atoms with Gasteiger partial charge >= 0.3 is 0 Å². The van der Waals surface area contributed by atoms with Crippen LogP contribution in [0.15, 0.2) is 30.5 Å². The van der Waals surface area contributed by atoms with Crippen molar-refractivity contribution in [3.8, 4) is 0 Å². The van der Waals surface area contributed by atoms with E-state index in [-0.39, 0.29) is 0 Å². The summed E-state index contributed by atoms with van der Waals surface area (Å²) in [6, 6.07) is 8.83. The molecule has 2 heteroatoms. The van der Waals surface area contributed by atoms with Gasteiger partial charge in [-0.15, -0.1) is 0 Å². The minimum atomic E-state index is 0.724. The van der Waals surface area contributed by atoms with Gasteiger partial charge in [0, 0.05) is 23.6 Å². The Hall–Kier alpha value is -1.28. The summed E-state index contributed by atoms with van der Waals surface area (Å²) in [7, 11) is 0. The van der Waals surface area contributed by atoms with Gasteiger partial charge in [-0.1, -0.05) is 51.2 Å². The lowest BCUT2D eigenvalue weighted by molar-refractivity contribution is 0.565. The number of unbranched alkanes of at least 4 members (excludes halogenated alkanes) is 5. The average molecular weight is 272 g/mol. The van der Waals surface area contributed by atoms with Crippen molar-refractivity contribution in [2.24, 2.45) is 5.73 Å². The van der Waals surface area contributed by atoms with Crippen LogP contribution in [0.4, 0.5) is 0 Å². The molecular weight excluding hydrogens is 244 g/mol. The van der Waals surface area contributed by atoms with Crippen LogP contribution in [0.5, 0.6) is 0 Å². The first-order chi connectivity index (χ1) is 9.86. The molecular formula is C18H28N2. The third kappa shape index (κ3) is 3.86. The van der Waals surface area contributed by atoms with E-state index in [0.29, 0.717) is 0 Å². The fraction of sp³-hybridized carbons (Fsp3) is 0.556. The van der Waals surface area contributed by atoms with E-state index in [4.69, 9.17) is 5.73 Å².